The molecule has 1 unspecified atom stereocenters. The van der Waals surface area contributed by atoms with Crippen molar-refractivity contribution in [3.8, 4) is 0 Å². The Hall–Kier alpha value is -0.820. The van der Waals surface area contributed by atoms with Gasteiger partial charge in [-0.1, -0.05) is 29.3 Å². The zero-order chi connectivity index (χ0) is 10.2. The molecule has 1 saturated heterocycles. The zero-order valence-electron chi connectivity index (χ0n) is 9.35. The van der Waals surface area contributed by atoms with Gasteiger partial charge in [-0.25, -0.2) is 0 Å². The normalized spacial score (nSPS) is 26.8. The van der Waals surface area contributed by atoms with Crippen molar-refractivity contribution in [3.63, 3.8) is 0 Å². The molecule has 1 aliphatic heterocycles. The molecule has 0 radical (unpaired) electrons. The van der Waals surface area contributed by atoms with Gasteiger partial charge in [0.15, 0.2) is 0 Å². The van der Waals surface area contributed by atoms with E-state index in [1.165, 1.54) is 29.5 Å². The first kappa shape index (κ1) is 9.72. The molecule has 1 fully saturated rings. The molecular formula is C13H19N. The van der Waals surface area contributed by atoms with Crippen LogP contribution in [0.3, 0.4) is 0 Å². The average Bonchev–Trinajstić information content (AvgIpc) is 2.52. The molecule has 1 heteroatoms. The summed E-state index contributed by atoms with van der Waals surface area (Å²) in [5.41, 5.74) is 4.41. The predicted molar refractivity (Wildman–Crippen MR) is 60.5 cm³/mol. The smallest absolute Gasteiger partial charge is 0.0406 e. The van der Waals surface area contributed by atoms with E-state index in [-0.39, 0.29) is 5.54 Å². The molecule has 1 aromatic rings. The molecule has 0 aromatic heterocycles. The molecule has 1 aliphatic rings. The van der Waals surface area contributed by atoms with E-state index in [4.69, 9.17) is 0 Å². The quantitative estimate of drug-likeness (QED) is 0.716. The minimum Gasteiger partial charge on any atom is -0.308 e. The van der Waals surface area contributed by atoms with Gasteiger partial charge < -0.3 is 5.32 Å². The van der Waals surface area contributed by atoms with Gasteiger partial charge in [0.25, 0.3) is 0 Å². The van der Waals surface area contributed by atoms with Crippen LogP contribution in [0.15, 0.2) is 18.2 Å². The monoisotopic (exact) mass is 189 g/mol. The van der Waals surface area contributed by atoms with Crippen molar-refractivity contribution in [1.29, 1.82) is 0 Å². The van der Waals surface area contributed by atoms with Crippen molar-refractivity contribution in [3.05, 3.63) is 34.9 Å². The lowest BCUT2D eigenvalue weighted by Gasteiger charge is -2.25. The molecule has 76 valence electrons. The Balaban J connectivity index is 2.40. The van der Waals surface area contributed by atoms with E-state index in [9.17, 15) is 0 Å². The molecule has 0 amide bonds. The number of benzene rings is 1. The van der Waals surface area contributed by atoms with Crippen LogP contribution < -0.4 is 5.32 Å². The summed E-state index contributed by atoms with van der Waals surface area (Å²) in [4.78, 5) is 0. The lowest BCUT2D eigenvalue weighted by atomic mass is 9.88. The van der Waals surface area contributed by atoms with Gasteiger partial charge >= 0.3 is 0 Å². The van der Waals surface area contributed by atoms with Gasteiger partial charge in [0.2, 0.25) is 0 Å². The third-order valence-corrected chi connectivity index (χ3v) is 3.23. The maximum atomic E-state index is 3.60. The Morgan fingerprint density at radius 3 is 2.29 bits per heavy atom. The first-order valence-electron chi connectivity index (χ1n) is 5.44. The molecule has 1 aromatic carbocycles. The van der Waals surface area contributed by atoms with Crippen molar-refractivity contribution in [1.82, 2.24) is 5.32 Å². The van der Waals surface area contributed by atoms with Crippen LogP contribution in [-0.2, 0) is 5.54 Å². The second-order valence-electron chi connectivity index (χ2n) is 4.74. The van der Waals surface area contributed by atoms with E-state index in [1.807, 2.05) is 0 Å². The highest BCUT2D eigenvalue weighted by Crippen LogP contribution is 2.31. The maximum absolute atomic E-state index is 3.60. The van der Waals surface area contributed by atoms with Gasteiger partial charge in [-0.3, -0.25) is 0 Å². The SMILES string of the molecule is Cc1cc(C)cc(C2(C)CCCN2)c1. The highest BCUT2D eigenvalue weighted by Gasteiger charge is 2.29. The average molecular weight is 189 g/mol. The molecule has 0 aliphatic carbocycles. The Morgan fingerprint density at radius 1 is 1.14 bits per heavy atom. The minimum atomic E-state index is 0.219. The van der Waals surface area contributed by atoms with E-state index in [2.05, 4.69) is 44.3 Å². The molecular weight excluding hydrogens is 170 g/mol. The highest BCUT2D eigenvalue weighted by molar-refractivity contribution is 5.33. The number of nitrogens with one attached hydrogen (secondary N) is 1. The molecule has 2 rings (SSSR count). The second kappa shape index (κ2) is 3.39. The van der Waals surface area contributed by atoms with Gasteiger partial charge in [-0.15, -0.1) is 0 Å². The van der Waals surface area contributed by atoms with E-state index in [1.54, 1.807) is 0 Å². The first-order chi connectivity index (χ1) is 6.60. The van der Waals surface area contributed by atoms with Gasteiger partial charge in [0, 0.05) is 5.54 Å². The molecule has 1 N–H and O–H groups in total. The number of hydrogen-bond acceptors (Lipinski definition) is 1. The topological polar surface area (TPSA) is 12.0 Å². The van der Waals surface area contributed by atoms with Crippen LogP contribution in [0, 0.1) is 13.8 Å². The standard InChI is InChI=1S/C13H19N/c1-10-7-11(2)9-12(8-10)13(3)5-4-6-14-13/h7-9,14H,4-6H2,1-3H3. The van der Waals surface area contributed by atoms with E-state index in [0.717, 1.165) is 6.54 Å². The fourth-order valence-electron chi connectivity index (χ4n) is 2.43. The van der Waals surface area contributed by atoms with E-state index >= 15 is 0 Å². The summed E-state index contributed by atoms with van der Waals surface area (Å²) in [6, 6.07) is 6.86. The summed E-state index contributed by atoms with van der Waals surface area (Å²) in [6.07, 6.45) is 2.55. The lowest BCUT2D eigenvalue weighted by molar-refractivity contribution is 0.434. The molecule has 0 spiro atoms. The van der Waals surface area contributed by atoms with Crippen LogP contribution in [-0.4, -0.2) is 6.54 Å². The second-order valence-corrected chi connectivity index (χ2v) is 4.74. The van der Waals surface area contributed by atoms with Crippen LogP contribution in [0.2, 0.25) is 0 Å². The van der Waals surface area contributed by atoms with Gasteiger partial charge in [0.1, 0.15) is 0 Å². The molecule has 1 atom stereocenters. The first-order valence-corrected chi connectivity index (χ1v) is 5.44. The Morgan fingerprint density at radius 2 is 1.79 bits per heavy atom. The zero-order valence-corrected chi connectivity index (χ0v) is 9.35. The van der Waals surface area contributed by atoms with Gasteiger partial charge in [-0.2, -0.15) is 0 Å². The third-order valence-electron chi connectivity index (χ3n) is 3.23. The van der Waals surface area contributed by atoms with Crippen LogP contribution in [0.5, 0.6) is 0 Å². The van der Waals surface area contributed by atoms with Crippen molar-refractivity contribution >= 4 is 0 Å². The number of hydrogen-bond donors (Lipinski definition) is 1. The van der Waals surface area contributed by atoms with Crippen LogP contribution in [0.4, 0.5) is 0 Å². The lowest BCUT2D eigenvalue weighted by Crippen LogP contribution is -2.33. The summed E-state index contributed by atoms with van der Waals surface area (Å²) < 4.78 is 0. The summed E-state index contributed by atoms with van der Waals surface area (Å²) in [5, 5.41) is 3.60. The van der Waals surface area contributed by atoms with E-state index < -0.39 is 0 Å². The number of aryl methyl sites for hydroxylation is 2. The summed E-state index contributed by atoms with van der Waals surface area (Å²) in [7, 11) is 0. The summed E-state index contributed by atoms with van der Waals surface area (Å²) in [6.45, 7) is 7.82. The summed E-state index contributed by atoms with van der Waals surface area (Å²) in [5.74, 6) is 0. The van der Waals surface area contributed by atoms with Gasteiger partial charge in [0.05, 0.1) is 0 Å². The van der Waals surface area contributed by atoms with Crippen LogP contribution in [0.1, 0.15) is 36.5 Å². The van der Waals surface area contributed by atoms with Crippen LogP contribution >= 0.6 is 0 Å². The number of rotatable bonds is 1. The largest absolute Gasteiger partial charge is 0.308 e. The molecule has 1 nitrogen and oxygen atoms in total. The van der Waals surface area contributed by atoms with Gasteiger partial charge in [-0.05, 0) is 45.7 Å². The predicted octanol–water partition coefficient (Wildman–Crippen LogP) is 2.90. The fourth-order valence-corrected chi connectivity index (χ4v) is 2.43. The van der Waals surface area contributed by atoms with E-state index in [0.29, 0.717) is 0 Å². The molecule has 0 saturated carbocycles. The van der Waals surface area contributed by atoms with Crippen molar-refractivity contribution < 1.29 is 0 Å². The van der Waals surface area contributed by atoms with Crippen molar-refractivity contribution in [2.24, 2.45) is 0 Å². The van der Waals surface area contributed by atoms with Crippen molar-refractivity contribution in [2.45, 2.75) is 39.2 Å². The Bertz CT molecular complexity index is 315. The Kier molecular flexibility index (Phi) is 2.36. The molecule has 14 heavy (non-hydrogen) atoms. The Labute approximate surface area is 86.5 Å². The fraction of sp³-hybridized carbons (Fsp3) is 0.538. The highest BCUT2D eigenvalue weighted by atomic mass is 15.0. The molecule has 1 heterocycles. The van der Waals surface area contributed by atoms with Crippen molar-refractivity contribution in [2.75, 3.05) is 6.54 Å². The molecule has 0 bridgehead atoms. The summed E-state index contributed by atoms with van der Waals surface area (Å²) >= 11 is 0. The third kappa shape index (κ3) is 1.69. The maximum Gasteiger partial charge on any atom is 0.0406 e. The minimum absolute atomic E-state index is 0.219. The van der Waals surface area contributed by atoms with Crippen LogP contribution in [0.25, 0.3) is 0 Å².